The summed E-state index contributed by atoms with van der Waals surface area (Å²) in [6, 6.07) is 0. The first-order valence-corrected chi connectivity index (χ1v) is 6.34. The van der Waals surface area contributed by atoms with Gasteiger partial charge in [0.2, 0.25) is 0 Å². The molecule has 0 amide bonds. The largest absolute Gasteiger partial charge is 0.338 e. The van der Waals surface area contributed by atoms with Crippen LogP contribution in [0.3, 0.4) is 0 Å². The minimum absolute atomic E-state index is 0.725. The quantitative estimate of drug-likeness (QED) is 0.615. The molecule has 0 aromatic carbocycles. The van der Waals surface area contributed by atoms with Crippen LogP contribution in [0, 0.1) is 0 Å². The van der Waals surface area contributed by atoms with E-state index in [1.54, 1.807) is 0 Å². The van der Waals surface area contributed by atoms with Gasteiger partial charge in [-0.2, -0.15) is 0 Å². The van der Waals surface area contributed by atoms with Crippen molar-refractivity contribution in [2.45, 2.75) is 13.8 Å². The van der Waals surface area contributed by atoms with E-state index in [1.807, 2.05) is 25.7 Å². The number of hydrogen-bond donors (Lipinski definition) is 0. The highest BCUT2D eigenvalue weighted by Gasteiger charge is 2.16. The zero-order valence-electron chi connectivity index (χ0n) is 7.13. The Morgan fingerprint density at radius 2 is 1.90 bits per heavy atom. The summed E-state index contributed by atoms with van der Waals surface area (Å²) in [7, 11) is 3.97. The standard InChI is InChI=1S/C6H16NOPS/c1-5-8-9(10,6-2)7(3)4/h5-6H2,1-4H3. The molecule has 0 aliphatic rings. The van der Waals surface area contributed by atoms with E-state index in [-0.39, 0.29) is 0 Å². The van der Waals surface area contributed by atoms with Crippen molar-refractivity contribution in [1.29, 1.82) is 0 Å². The molecule has 0 saturated carbocycles. The Kier molecular flexibility index (Phi) is 4.70. The van der Waals surface area contributed by atoms with Gasteiger partial charge in [-0.25, -0.2) is 0 Å². The lowest BCUT2D eigenvalue weighted by atomic mass is 10.9. The van der Waals surface area contributed by atoms with Gasteiger partial charge in [0.05, 0.1) is 6.61 Å². The molecular formula is C6H16NOPS. The highest BCUT2D eigenvalue weighted by atomic mass is 32.4. The minimum atomic E-state index is -1.61. The second kappa shape index (κ2) is 4.45. The van der Waals surface area contributed by atoms with Crippen molar-refractivity contribution in [2.75, 3.05) is 26.9 Å². The van der Waals surface area contributed by atoms with Crippen molar-refractivity contribution in [3.63, 3.8) is 0 Å². The van der Waals surface area contributed by atoms with Gasteiger partial charge in [-0.05, 0) is 21.0 Å². The highest BCUT2D eigenvalue weighted by Crippen LogP contribution is 2.48. The summed E-state index contributed by atoms with van der Waals surface area (Å²) in [5.74, 6) is 0. The van der Waals surface area contributed by atoms with Crippen LogP contribution in [0.2, 0.25) is 0 Å². The summed E-state index contributed by atoms with van der Waals surface area (Å²) in [4.78, 5) is 0. The molecule has 1 unspecified atom stereocenters. The van der Waals surface area contributed by atoms with Gasteiger partial charge in [0, 0.05) is 6.16 Å². The van der Waals surface area contributed by atoms with Crippen LogP contribution in [0.4, 0.5) is 0 Å². The zero-order valence-corrected chi connectivity index (χ0v) is 8.84. The Bertz CT molecular complexity index is 138. The normalized spacial score (nSPS) is 17.3. The average Bonchev–Trinajstić information content (AvgIpc) is 1.88. The van der Waals surface area contributed by atoms with Gasteiger partial charge in [0.15, 0.2) is 0 Å². The van der Waals surface area contributed by atoms with E-state index in [0.29, 0.717) is 0 Å². The molecule has 0 aliphatic carbocycles. The Morgan fingerprint density at radius 3 is 2.00 bits per heavy atom. The van der Waals surface area contributed by atoms with Gasteiger partial charge in [-0.1, -0.05) is 18.7 Å². The summed E-state index contributed by atoms with van der Waals surface area (Å²) in [5, 5.41) is 0. The van der Waals surface area contributed by atoms with E-state index in [4.69, 9.17) is 16.3 Å². The van der Waals surface area contributed by atoms with Gasteiger partial charge in [-0.15, -0.1) is 0 Å². The van der Waals surface area contributed by atoms with Gasteiger partial charge >= 0.3 is 0 Å². The first-order chi connectivity index (χ1) is 4.56. The number of nitrogens with zero attached hydrogens (tertiary/aromatic N) is 1. The van der Waals surface area contributed by atoms with E-state index in [0.717, 1.165) is 12.8 Å². The van der Waals surface area contributed by atoms with Gasteiger partial charge in [0.25, 0.3) is 0 Å². The SMILES string of the molecule is CCOP(=S)(CC)N(C)C. The second-order valence-corrected chi connectivity index (χ2v) is 6.90. The van der Waals surface area contributed by atoms with Crippen LogP contribution in [0.25, 0.3) is 0 Å². The molecule has 0 spiro atoms. The summed E-state index contributed by atoms with van der Waals surface area (Å²) in [6.45, 7) is 4.79. The van der Waals surface area contributed by atoms with E-state index < -0.39 is 6.42 Å². The molecule has 0 aromatic heterocycles. The minimum Gasteiger partial charge on any atom is -0.338 e. The monoisotopic (exact) mass is 181 g/mol. The molecule has 0 bridgehead atoms. The Hall–Kier alpha value is 0.570. The summed E-state index contributed by atoms with van der Waals surface area (Å²) in [5.41, 5.74) is 0. The van der Waals surface area contributed by atoms with Crippen LogP contribution in [0.5, 0.6) is 0 Å². The van der Waals surface area contributed by atoms with Crippen LogP contribution in [-0.2, 0) is 16.3 Å². The molecule has 0 saturated heterocycles. The highest BCUT2D eigenvalue weighted by molar-refractivity contribution is 8.11. The maximum absolute atomic E-state index is 5.49. The van der Waals surface area contributed by atoms with Crippen molar-refractivity contribution in [3.05, 3.63) is 0 Å². The molecule has 0 N–H and O–H groups in total. The third-order valence-corrected chi connectivity index (χ3v) is 6.09. The maximum atomic E-state index is 5.49. The number of hydrogen-bond acceptors (Lipinski definition) is 2. The molecule has 10 heavy (non-hydrogen) atoms. The average molecular weight is 181 g/mol. The molecule has 0 rings (SSSR count). The summed E-state index contributed by atoms with van der Waals surface area (Å²) in [6.07, 6.45) is -0.658. The summed E-state index contributed by atoms with van der Waals surface area (Å²) >= 11 is 5.34. The fourth-order valence-electron chi connectivity index (χ4n) is 0.691. The topological polar surface area (TPSA) is 12.5 Å². The molecule has 0 heterocycles. The molecule has 0 fully saturated rings. The summed E-state index contributed by atoms with van der Waals surface area (Å²) < 4.78 is 7.53. The predicted molar refractivity (Wildman–Crippen MR) is 50.1 cm³/mol. The van der Waals surface area contributed by atoms with E-state index in [9.17, 15) is 0 Å². The molecule has 1 atom stereocenters. The van der Waals surface area contributed by atoms with Gasteiger partial charge in [0.1, 0.15) is 6.42 Å². The maximum Gasteiger partial charge on any atom is 0.131 e. The molecular weight excluding hydrogens is 165 g/mol. The second-order valence-electron chi connectivity index (χ2n) is 2.22. The third kappa shape index (κ3) is 2.67. The zero-order chi connectivity index (χ0) is 8.20. The van der Waals surface area contributed by atoms with E-state index >= 15 is 0 Å². The molecule has 0 radical (unpaired) electrons. The molecule has 0 aliphatic heterocycles. The van der Waals surface area contributed by atoms with Crippen LogP contribution >= 0.6 is 6.42 Å². The molecule has 2 nitrogen and oxygen atoms in total. The van der Waals surface area contributed by atoms with Crippen LogP contribution < -0.4 is 0 Å². The van der Waals surface area contributed by atoms with E-state index in [2.05, 4.69) is 6.92 Å². The predicted octanol–water partition coefficient (Wildman–Crippen LogP) is 1.91. The number of rotatable bonds is 4. The lowest BCUT2D eigenvalue weighted by molar-refractivity contribution is 0.347. The van der Waals surface area contributed by atoms with Gasteiger partial charge in [-0.3, -0.25) is 4.67 Å². The lowest BCUT2D eigenvalue weighted by Crippen LogP contribution is -2.12. The first kappa shape index (κ1) is 10.6. The van der Waals surface area contributed by atoms with Crippen LogP contribution in [0.15, 0.2) is 0 Å². The van der Waals surface area contributed by atoms with Gasteiger partial charge < -0.3 is 4.52 Å². The fraction of sp³-hybridized carbons (Fsp3) is 1.00. The molecule has 62 valence electrons. The Labute approximate surface area is 68.7 Å². The lowest BCUT2D eigenvalue weighted by Gasteiger charge is -2.26. The van der Waals surface area contributed by atoms with Crippen molar-refractivity contribution in [1.82, 2.24) is 4.67 Å². The molecule has 0 aromatic rings. The van der Waals surface area contributed by atoms with Crippen molar-refractivity contribution in [3.8, 4) is 0 Å². The molecule has 4 heteroatoms. The third-order valence-electron chi connectivity index (χ3n) is 1.34. The van der Waals surface area contributed by atoms with E-state index in [1.165, 1.54) is 0 Å². The smallest absolute Gasteiger partial charge is 0.131 e. The van der Waals surface area contributed by atoms with Crippen LogP contribution in [-0.4, -0.2) is 31.5 Å². The Balaban J connectivity index is 4.10. The fourth-order valence-corrected chi connectivity index (χ4v) is 2.39. The first-order valence-electron chi connectivity index (χ1n) is 3.48. The van der Waals surface area contributed by atoms with Crippen molar-refractivity contribution in [2.24, 2.45) is 0 Å². The Morgan fingerprint density at radius 1 is 1.40 bits per heavy atom. The van der Waals surface area contributed by atoms with Crippen molar-refractivity contribution < 1.29 is 4.52 Å². The van der Waals surface area contributed by atoms with Crippen LogP contribution in [0.1, 0.15) is 13.8 Å². The van der Waals surface area contributed by atoms with Crippen molar-refractivity contribution >= 4 is 18.2 Å².